The predicted octanol–water partition coefficient (Wildman–Crippen LogP) is 3.83. The fraction of sp³-hybridized carbons (Fsp3) is 0.500. The van der Waals surface area contributed by atoms with Crippen LogP contribution in [0.1, 0.15) is 19.4 Å². The van der Waals surface area contributed by atoms with E-state index in [0.717, 1.165) is 18.7 Å². The zero-order chi connectivity index (χ0) is 11.0. The van der Waals surface area contributed by atoms with Gasteiger partial charge in [0, 0.05) is 12.2 Å². The van der Waals surface area contributed by atoms with Gasteiger partial charge in [0.05, 0.1) is 4.47 Å². The van der Waals surface area contributed by atoms with E-state index in [-0.39, 0.29) is 5.82 Å². The van der Waals surface area contributed by atoms with Gasteiger partial charge in [-0.2, -0.15) is 0 Å². The normalized spacial score (nSPS) is 19.9. The van der Waals surface area contributed by atoms with Gasteiger partial charge in [0.2, 0.25) is 0 Å². The number of rotatable bonds is 1. The van der Waals surface area contributed by atoms with Crippen molar-refractivity contribution < 1.29 is 4.39 Å². The molecule has 1 atom stereocenters. The number of benzene rings is 1. The molecule has 1 aromatic rings. The van der Waals surface area contributed by atoms with E-state index in [9.17, 15) is 4.39 Å². The van der Waals surface area contributed by atoms with Gasteiger partial charge >= 0.3 is 0 Å². The molecule has 0 saturated carbocycles. The molecule has 1 N–H and O–H groups in total. The van der Waals surface area contributed by atoms with Crippen molar-refractivity contribution in [3.63, 3.8) is 0 Å². The highest BCUT2D eigenvalue weighted by atomic mass is 79.9. The van der Waals surface area contributed by atoms with Gasteiger partial charge in [0.1, 0.15) is 5.82 Å². The van der Waals surface area contributed by atoms with Gasteiger partial charge in [-0.05, 0) is 51.9 Å². The second kappa shape index (κ2) is 4.12. The standard InChI is InChI=1S/C12H15BrFN/c1-7(2)9-3-8-4-10(13)11(14)5-12(8)15-6-9/h4-5,7,9,15H,3,6H2,1-2H3. The Morgan fingerprint density at radius 3 is 2.87 bits per heavy atom. The summed E-state index contributed by atoms with van der Waals surface area (Å²) >= 11 is 3.23. The Kier molecular flexibility index (Phi) is 3.01. The highest BCUT2D eigenvalue weighted by Gasteiger charge is 2.21. The Bertz CT molecular complexity index is 376. The van der Waals surface area contributed by atoms with Crippen molar-refractivity contribution in [2.45, 2.75) is 20.3 Å². The van der Waals surface area contributed by atoms with Crippen molar-refractivity contribution in [3.8, 4) is 0 Å². The van der Waals surface area contributed by atoms with Crippen molar-refractivity contribution in [2.75, 3.05) is 11.9 Å². The Morgan fingerprint density at radius 1 is 1.47 bits per heavy atom. The van der Waals surface area contributed by atoms with Crippen molar-refractivity contribution in [1.29, 1.82) is 0 Å². The molecule has 0 aromatic heterocycles. The molecule has 0 radical (unpaired) electrons. The van der Waals surface area contributed by atoms with Crippen LogP contribution < -0.4 is 5.32 Å². The first kappa shape index (κ1) is 10.9. The van der Waals surface area contributed by atoms with E-state index in [4.69, 9.17) is 0 Å². The molecule has 1 unspecified atom stereocenters. The van der Waals surface area contributed by atoms with E-state index in [0.29, 0.717) is 16.3 Å². The molecule has 1 aromatic carbocycles. The number of hydrogen-bond donors (Lipinski definition) is 1. The van der Waals surface area contributed by atoms with Crippen LogP contribution in [0.15, 0.2) is 16.6 Å². The lowest BCUT2D eigenvalue weighted by atomic mass is 9.86. The lowest BCUT2D eigenvalue weighted by Crippen LogP contribution is -2.27. The lowest BCUT2D eigenvalue weighted by molar-refractivity contribution is 0.393. The second-order valence-electron chi connectivity index (χ2n) is 4.51. The molecule has 1 aliphatic heterocycles. The second-order valence-corrected chi connectivity index (χ2v) is 5.37. The van der Waals surface area contributed by atoms with E-state index in [1.165, 1.54) is 5.56 Å². The highest BCUT2D eigenvalue weighted by Crippen LogP contribution is 2.32. The SMILES string of the molecule is CC(C)C1CNc2cc(F)c(Br)cc2C1. The maximum Gasteiger partial charge on any atom is 0.139 e. The first-order valence-corrected chi connectivity index (χ1v) is 6.09. The van der Waals surface area contributed by atoms with Crippen LogP contribution in [0.2, 0.25) is 0 Å². The van der Waals surface area contributed by atoms with Crippen LogP contribution in [0.5, 0.6) is 0 Å². The van der Waals surface area contributed by atoms with Crippen molar-refractivity contribution in [2.24, 2.45) is 11.8 Å². The van der Waals surface area contributed by atoms with Crippen LogP contribution >= 0.6 is 15.9 Å². The minimum absolute atomic E-state index is 0.191. The van der Waals surface area contributed by atoms with Crippen molar-refractivity contribution in [3.05, 3.63) is 28.0 Å². The molecule has 2 rings (SSSR count). The molecular weight excluding hydrogens is 257 g/mol. The fourth-order valence-corrected chi connectivity index (χ4v) is 2.38. The van der Waals surface area contributed by atoms with Gasteiger partial charge in [0.25, 0.3) is 0 Å². The number of fused-ring (bicyclic) bond motifs is 1. The minimum Gasteiger partial charge on any atom is -0.384 e. The third-order valence-corrected chi connectivity index (χ3v) is 3.73. The van der Waals surface area contributed by atoms with Gasteiger partial charge in [-0.15, -0.1) is 0 Å². The van der Waals surface area contributed by atoms with Crippen molar-refractivity contribution in [1.82, 2.24) is 0 Å². The topological polar surface area (TPSA) is 12.0 Å². The summed E-state index contributed by atoms with van der Waals surface area (Å²) in [5, 5.41) is 3.30. The zero-order valence-electron chi connectivity index (χ0n) is 8.98. The summed E-state index contributed by atoms with van der Waals surface area (Å²) in [7, 11) is 0. The maximum atomic E-state index is 13.3. The Hall–Kier alpha value is -0.570. The molecule has 82 valence electrons. The van der Waals surface area contributed by atoms with E-state index in [2.05, 4.69) is 35.1 Å². The lowest BCUT2D eigenvalue weighted by Gasteiger charge is -2.29. The van der Waals surface area contributed by atoms with Gasteiger partial charge in [-0.25, -0.2) is 4.39 Å². The Morgan fingerprint density at radius 2 is 2.20 bits per heavy atom. The van der Waals surface area contributed by atoms with Crippen LogP contribution in [-0.2, 0) is 6.42 Å². The van der Waals surface area contributed by atoms with Crippen LogP contribution in [0.3, 0.4) is 0 Å². The molecule has 1 heterocycles. The van der Waals surface area contributed by atoms with Crippen LogP contribution in [0.4, 0.5) is 10.1 Å². The molecule has 1 nitrogen and oxygen atoms in total. The van der Waals surface area contributed by atoms with Gasteiger partial charge in [0.15, 0.2) is 0 Å². The van der Waals surface area contributed by atoms with E-state index < -0.39 is 0 Å². The summed E-state index contributed by atoms with van der Waals surface area (Å²) < 4.78 is 13.8. The molecule has 15 heavy (non-hydrogen) atoms. The monoisotopic (exact) mass is 271 g/mol. The van der Waals surface area contributed by atoms with E-state index in [1.807, 2.05) is 6.07 Å². The smallest absolute Gasteiger partial charge is 0.139 e. The molecule has 0 bridgehead atoms. The molecule has 1 aliphatic rings. The van der Waals surface area contributed by atoms with Crippen LogP contribution in [0, 0.1) is 17.7 Å². The minimum atomic E-state index is -0.191. The molecular formula is C12H15BrFN. The average Bonchev–Trinajstić information content (AvgIpc) is 2.19. The van der Waals surface area contributed by atoms with Gasteiger partial charge < -0.3 is 5.32 Å². The highest BCUT2D eigenvalue weighted by molar-refractivity contribution is 9.10. The number of halogens is 2. The summed E-state index contributed by atoms with van der Waals surface area (Å²) in [4.78, 5) is 0. The number of nitrogens with one attached hydrogen (secondary N) is 1. The molecule has 0 aliphatic carbocycles. The molecule has 0 fully saturated rings. The fourth-order valence-electron chi connectivity index (χ4n) is 1.99. The summed E-state index contributed by atoms with van der Waals surface area (Å²) in [6, 6.07) is 3.47. The quantitative estimate of drug-likeness (QED) is 0.819. The zero-order valence-corrected chi connectivity index (χ0v) is 10.6. The average molecular weight is 272 g/mol. The van der Waals surface area contributed by atoms with Gasteiger partial charge in [-0.1, -0.05) is 13.8 Å². The largest absolute Gasteiger partial charge is 0.384 e. The predicted molar refractivity (Wildman–Crippen MR) is 64.6 cm³/mol. The third-order valence-electron chi connectivity index (χ3n) is 3.13. The molecule has 0 amide bonds. The summed E-state index contributed by atoms with van der Waals surface area (Å²) in [5.74, 6) is 1.12. The van der Waals surface area contributed by atoms with E-state index >= 15 is 0 Å². The molecule has 3 heteroatoms. The number of anilines is 1. The first-order valence-electron chi connectivity index (χ1n) is 5.29. The molecule has 0 saturated heterocycles. The van der Waals surface area contributed by atoms with Crippen LogP contribution in [-0.4, -0.2) is 6.54 Å². The van der Waals surface area contributed by atoms with Gasteiger partial charge in [-0.3, -0.25) is 0 Å². The summed E-state index contributed by atoms with van der Waals surface area (Å²) in [6.07, 6.45) is 1.04. The summed E-state index contributed by atoms with van der Waals surface area (Å²) in [6.45, 7) is 5.41. The number of hydrogen-bond acceptors (Lipinski definition) is 1. The first-order chi connectivity index (χ1) is 7.08. The van der Waals surface area contributed by atoms with Crippen LogP contribution in [0.25, 0.3) is 0 Å². The Labute approximate surface area is 98.2 Å². The maximum absolute atomic E-state index is 13.3. The van der Waals surface area contributed by atoms with E-state index in [1.54, 1.807) is 6.07 Å². The third kappa shape index (κ3) is 2.17. The molecule has 0 spiro atoms. The van der Waals surface area contributed by atoms with Crippen molar-refractivity contribution >= 4 is 21.6 Å². The Balaban J connectivity index is 2.30. The summed E-state index contributed by atoms with van der Waals surface area (Å²) in [5.41, 5.74) is 2.17.